The lowest BCUT2D eigenvalue weighted by atomic mass is 10.1. The molecule has 1 fully saturated rings. The number of imidazole rings is 1. The van der Waals surface area contributed by atoms with Crippen molar-refractivity contribution in [2.75, 3.05) is 6.54 Å². The summed E-state index contributed by atoms with van der Waals surface area (Å²) in [6.45, 7) is 1.52. The molecule has 32 heavy (non-hydrogen) atoms. The summed E-state index contributed by atoms with van der Waals surface area (Å²) >= 11 is 0. The summed E-state index contributed by atoms with van der Waals surface area (Å²) < 4.78 is 0. The van der Waals surface area contributed by atoms with Crippen LogP contribution in [0.1, 0.15) is 38.3 Å². The molecule has 7 N–H and O–H groups in total. The highest BCUT2D eigenvalue weighted by molar-refractivity contribution is 5.94. The molecule has 1 aliphatic rings. The monoisotopic (exact) mass is 452 g/mol. The summed E-state index contributed by atoms with van der Waals surface area (Å²) in [5.74, 6) is -4.25. The molecule has 1 aliphatic heterocycles. The van der Waals surface area contributed by atoms with Gasteiger partial charge in [0.25, 0.3) is 0 Å². The SMILES string of the molecule is CC(NC(=O)C1CCCN1C(=O)C(CCC(=O)O)NC(=O)C(N)Cc1cnc[nH]1)C(=O)O. The van der Waals surface area contributed by atoms with Gasteiger partial charge in [0.15, 0.2) is 0 Å². The summed E-state index contributed by atoms with van der Waals surface area (Å²) in [4.78, 5) is 68.1. The molecule has 3 amide bonds. The van der Waals surface area contributed by atoms with Crippen LogP contribution < -0.4 is 16.4 Å². The zero-order valence-corrected chi connectivity index (χ0v) is 17.6. The number of hydrogen-bond acceptors (Lipinski definition) is 7. The molecule has 0 saturated carbocycles. The Bertz CT molecular complexity index is 843. The third-order valence-electron chi connectivity index (χ3n) is 5.16. The predicted molar refractivity (Wildman–Crippen MR) is 109 cm³/mol. The first-order valence-electron chi connectivity index (χ1n) is 10.2. The molecule has 0 aromatic carbocycles. The Balaban J connectivity index is 2.09. The number of hydrogen-bond donors (Lipinski definition) is 6. The van der Waals surface area contributed by atoms with Crippen LogP contribution in [0, 0.1) is 0 Å². The molecule has 176 valence electrons. The zero-order chi connectivity index (χ0) is 23.8. The van der Waals surface area contributed by atoms with E-state index in [1.165, 1.54) is 24.3 Å². The van der Waals surface area contributed by atoms with Crippen molar-refractivity contribution in [1.29, 1.82) is 0 Å². The molecule has 0 radical (unpaired) electrons. The van der Waals surface area contributed by atoms with E-state index in [1.54, 1.807) is 0 Å². The first-order valence-corrected chi connectivity index (χ1v) is 10.2. The van der Waals surface area contributed by atoms with E-state index in [0.717, 1.165) is 0 Å². The van der Waals surface area contributed by atoms with Crippen molar-refractivity contribution in [3.05, 3.63) is 18.2 Å². The van der Waals surface area contributed by atoms with E-state index in [9.17, 15) is 24.0 Å². The van der Waals surface area contributed by atoms with E-state index in [4.69, 9.17) is 15.9 Å². The summed E-state index contributed by atoms with van der Waals surface area (Å²) in [5.41, 5.74) is 6.52. The van der Waals surface area contributed by atoms with Crippen molar-refractivity contribution in [3.8, 4) is 0 Å². The van der Waals surface area contributed by atoms with Gasteiger partial charge in [-0.3, -0.25) is 24.0 Å². The number of carbonyl (C=O) groups is 5. The van der Waals surface area contributed by atoms with E-state index >= 15 is 0 Å². The summed E-state index contributed by atoms with van der Waals surface area (Å²) in [6.07, 6.45) is 3.33. The number of aromatic amines is 1. The molecule has 4 atom stereocenters. The van der Waals surface area contributed by atoms with Crippen LogP contribution in [0.15, 0.2) is 12.5 Å². The minimum Gasteiger partial charge on any atom is -0.481 e. The first kappa shape index (κ1) is 24.8. The van der Waals surface area contributed by atoms with Crippen LogP contribution in [0.4, 0.5) is 0 Å². The Labute approximate surface area is 183 Å². The maximum Gasteiger partial charge on any atom is 0.325 e. The van der Waals surface area contributed by atoms with Crippen LogP contribution >= 0.6 is 0 Å². The zero-order valence-electron chi connectivity index (χ0n) is 17.6. The summed E-state index contributed by atoms with van der Waals surface area (Å²) in [5, 5.41) is 22.8. The molecule has 1 aromatic rings. The number of aliphatic carboxylic acids is 2. The standard InChI is InChI=1S/C19H28N6O7/c1-10(19(31)32)23-17(29)14-3-2-6-25(14)18(30)13(4-5-15(26)27)24-16(28)12(20)7-11-8-21-9-22-11/h8-10,12-14H,2-7,20H2,1H3,(H,21,22)(H,23,29)(H,24,28)(H,26,27)(H,31,32). The Morgan fingerprint density at radius 2 is 2.00 bits per heavy atom. The third-order valence-corrected chi connectivity index (χ3v) is 5.16. The van der Waals surface area contributed by atoms with Gasteiger partial charge >= 0.3 is 11.9 Å². The Morgan fingerprint density at radius 1 is 1.28 bits per heavy atom. The molecule has 13 nitrogen and oxygen atoms in total. The van der Waals surface area contributed by atoms with Crippen molar-refractivity contribution in [1.82, 2.24) is 25.5 Å². The van der Waals surface area contributed by atoms with Gasteiger partial charge in [-0.1, -0.05) is 0 Å². The molecule has 0 aliphatic carbocycles. The van der Waals surface area contributed by atoms with Crippen LogP contribution in [0.5, 0.6) is 0 Å². The third kappa shape index (κ3) is 6.77. The average Bonchev–Trinajstić information content (AvgIpc) is 3.41. The number of nitrogens with zero attached hydrogens (tertiary/aromatic N) is 2. The predicted octanol–water partition coefficient (Wildman–Crippen LogP) is -1.79. The van der Waals surface area contributed by atoms with Gasteiger partial charge < -0.3 is 36.5 Å². The van der Waals surface area contributed by atoms with Crippen LogP contribution in [-0.2, 0) is 30.4 Å². The second-order valence-electron chi connectivity index (χ2n) is 7.64. The largest absolute Gasteiger partial charge is 0.481 e. The molecule has 0 spiro atoms. The van der Waals surface area contributed by atoms with Gasteiger partial charge in [0.1, 0.15) is 18.1 Å². The topological polar surface area (TPSA) is 208 Å². The smallest absolute Gasteiger partial charge is 0.325 e. The molecule has 1 saturated heterocycles. The fourth-order valence-electron chi connectivity index (χ4n) is 3.40. The second kappa shape index (κ2) is 11.2. The molecular formula is C19H28N6O7. The van der Waals surface area contributed by atoms with E-state index in [-0.39, 0.29) is 25.8 Å². The minimum atomic E-state index is -1.22. The fraction of sp³-hybridized carbons (Fsp3) is 0.579. The van der Waals surface area contributed by atoms with Gasteiger partial charge in [-0.25, -0.2) is 4.98 Å². The van der Waals surface area contributed by atoms with E-state index < -0.39 is 53.8 Å². The van der Waals surface area contributed by atoms with Crippen molar-refractivity contribution in [2.45, 2.75) is 63.2 Å². The molecule has 0 bridgehead atoms. The van der Waals surface area contributed by atoms with E-state index in [1.807, 2.05) is 0 Å². The highest BCUT2D eigenvalue weighted by Crippen LogP contribution is 2.20. The lowest BCUT2D eigenvalue weighted by Gasteiger charge is -2.29. The molecule has 2 heterocycles. The highest BCUT2D eigenvalue weighted by Gasteiger charge is 2.38. The number of H-pyrrole nitrogens is 1. The molecule has 4 unspecified atom stereocenters. The van der Waals surface area contributed by atoms with Crippen molar-refractivity contribution < 1.29 is 34.2 Å². The number of nitrogens with one attached hydrogen (secondary N) is 3. The van der Waals surface area contributed by atoms with Gasteiger partial charge in [-0.2, -0.15) is 0 Å². The van der Waals surface area contributed by atoms with Gasteiger partial charge in [0.2, 0.25) is 17.7 Å². The second-order valence-corrected chi connectivity index (χ2v) is 7.64. The Morgan fingerprint density at radius 3 is 2.59 bits per heavy atom. The fourth-order valence-corrected chi connectivity index (χ4v) is 3.40. The highest BCUT2D eigenvalue weighted by atomic mass is 16.4. The van der Waals surface area contributed by atoms with Crippen LogP contribution in [0.2, 0.25) is 0 Å². The average molecular weight is 452 g/mol. The quantitative estimate of drug-likeness (QED) is 0.224. The lowest BCUT2D eigenvalue weighted by molar-refractivity contribution is -0.144. The molecule has 1 aromatic heterocycles. The molecule has 2 rings (SSSR count). The number of rotatable bonds is 11. The summed E-state index contributed by atoms with van der Waals surface area (Å²) in [7, 11) is 0. The van der Waals surface area contributed by atoms with Crippen molar-refractivity contribution >= 4 is 29.7 Å². The first-order chi connectivity index (χ1) is 15.1. The Hall–Kier alpha value is -3.48. The van der Waals surface area contributed by atoms with Crippen LogP contribution in [-0.4, -0.2) is 85.5 Å². The maximum absolute atomic E-state index is 13.1. The van der Waals surface area contributed by atoms with E-state index in [0.29, 0.717) is 18.5 Å². The van der Waals surface area contributed by atoms with Gasteiger partial charge in [-0.05, 0) is 26.2 Å². The maximum atomic E-state index is 13.1. The van der Waals surface area contributed by atoms with Crippen molar-refractivity contribution in [3.63, 3.8) is 0 Å². The number of carboxylic acid groups (broad SMARTS) is 2. The minimum absolute atomic E-state index is 0.132. The number of aromatic nitrogens is 2. The number of likely N-dealkylation sites (tertiary alicyclic amines) is 1. The number of nitrogens with two attached hydrogens (primary N) is 1. The van der Waals surface area contributed by atoms with Gasteiger partial charge in [0.05, 0.1) is 12.4 Å². The molecular weight excluding hydrogens is 424 g/mol. The normalized spacial score (nSPS) is 18.4. The van der Waals surface area contributed by atoms with Gasteiger partial charge in [0, 0.05) is 31.3 Å². The summed E-state index contributed by atoms with van der Waals surface area (Å²) in [6, 6.07) is -4.25. The Kier molecular flexibility index (Phi) is 8.70. The van der Waals surface area contributed by atoms with Crippen LogP contribution in [0.25, 0.3) is 0 Å². The lowest BCUT2D eigenvalue weighted by Crippen LogP contribution is -2.56. The van der Waals surface area contributed by atoms with E-state index in [2.05, 4.69) is 20.6 Å². The number of carboxylic acids is 2. The van der Waals surface area contributed by atoms with Crippen LogP contribution in [0.3, 0.4) is 0 Å². The number of carbonyl (C=O) groups excluding carboxylic acids is 3. The van der Waals surface area contributed by atoms with Gasteiger partial charge in [-0.15, -0.1) is 0 Å². The number of amides is 3. The van der Waals surface area contributed by atoms with Crippen molar-refractivity contribution in [2.24, 2.45) is 5.73 Å². The molecule has 13 heteroatoms.